The summed E-state index contributed by atoms with van der Waals surface area (Å²) >= 11 is 0. The van der Waals surface area contributed by atoms with E-state index in [0.717, 1.165) is 0 Å². The normalized spacial score (nSPS) is 16.2. The molecular weight excluding hydrogens is 379 g/mol. The number of hydrogen-bond donors (Lipinski definition) is 3. The highest BCUT2D eigenvalue weighted by Crippen LogP contribution is 2.22. The fraction of sp³-hybridized carbons (Fsp3) is 0.350. The van der Waals surface area contributed by atoms with Crippen LogP contribution in [0.4, 0.5) is 19.7 Å². The van der Waals surface area contributed by atoms with E-state index in [4.69, 9.17) is 9.84 Å². The van der Waals surface area contributed by atoms with Gasteiger partial charge in [0.2, 0.25) is 0 Å². The minimum atomic E-state index is -0.978. The number of urea groups is 1. The van der Waals surface area contributed by atoms with Crippen LogP contribution in [0.3, 0.4) is 0 Å². The number of nitrogens with one attached hydrogen (secondary N) is 2. The second-order valence-corrected chi connectivity index (χ2v) is 6.78. The minimum Gasteiger partial charge on any atom is -0.488 e. The number of halogens is 1. The second kappa shape index (κ2) is 9.72. The Labute approximate surface area is 167 Å². The zero-order valence-corrected chi connectivity index (χ0v) is 15.8. The predicted molar refractivity (Wildman–Crippen MR) is 105 cm³/mol. The number of nitrogens with zero attached hydrogens (tertiary/aromatic N) is 2. The Bertz CT molecular complexity index is 850. The number of ether oxygens (including phenoxy) is 1. The van der Waals surface area contributed by atoms with Gasteiger partial charge in [0.05, 0.1) is 18.4 Å². The summed E-state index contributed by atoms with van der Waals surface area (Å²) in [7, 11) is 0. The lowest BCUT2D eigenvalue weighted by Gasteiger charge is -2.31. The average molecular weight is 402 g/mol. The van der Waals surface area contributed by atoms with Gasteiger partial charge in [0.15, 0.2) is 0 Å². The van der Waals surface area contributed by atoms with Crippen molar-refractivity contribution < 1.29 is 23.8 Å². The maximum absolute atomic E-state index is 14.0. The molecule has 2 heterocycles. The number of benzene rings is 1. The highest BCUT2D eigenvalue weighted by molar-refractivity contribution is 5.88. The van der Waals surface area contributed by atoms with E-state index in [0.29, 0.717) is 49.4 Å². The van der Waals surface area contributed by atoms with Crippen LogP contribution in [-0.4, -0.2) is 52.9 Å². The van der Waals surface area contributed by atoms with Crippen LogP contribution in [0.5, 0.6) is 5.75 Å². The summed E-state index contributed by atoms with van der Waals surface area (Å²) in [4.78, 5) is 28.2. The van der Waals surface area contributed by atoms with Crippen LogP contribution in [-0.2, 0) is 6.42 Å². The van der Waals surface area contributed by atoms with Gasteiger partial charge in [-0.3, -0.25) is 4.98 Å². The van der Waals surface area contributed by atoms with Crippen LogP contribution in [0.25, 0.3) is 0 Å². The number of rotatable bonds is 6. The number of hydrogen-bond acceptors (Lipinski definition) is 4. The lowest BCUT2D eigenvalue weighted by Crippen LogP contribution is -2.43. The molecule has 1 aliphatic heterocycles. The van der Waals surface area contributed by atoms with Crippen molar-refractivity contribution in [2.45, 2.75) is 25.4 Å². The first-order valence-corrected chi connectivity index (χ1v) is 9.38. The number of carboxylic acid groups (broad SMARTS) is 1. The monoisotopic (exact) mass is 402 g/mol. The van der Waals surface area contributed by atoms with E-state index in [-0.39, 0.29) is 18.7 Å². The van der Waals surface area contributed by atoms with E-state index in [9.17, 15) is 14.0 Å². The third-order valence-corrected chi connectivity index (χ3v) is 4.50. The molecule has 1 aliphatic rings. The lowest BCUT2D eigenvalue weighted by molar-refractivity contribution is 0.0789. The van der Waals surface area contributed by atoms with E-state index >= 15 is 0 Å². The molecule has 1 aromatic heterocycles. The highest BCUT2D eigenvalue weighted by Gasteiger charge is 2.24. The van der Waals surface area contributed by atoms with Gasteiger partial charge in [0.25, 0.3) is 0 Å². The summed E-state index contributed by atoms with van der Waals surface area (Å²) < 4.78 is 19.8. The van der Waals surface area contributed by atoms with E-state index in [1.54, 1.807) is 24.4 Å². The molecular formula is C20H23FN4O4. The molecule has 1 fully saturated rings. The SMILES string of the molecule is O=C(NCCc1cc(F)cc(O[C@@H]2CCCN(C(=O)O)C2)c1)Nc1cccnc1. The molecule has 3 N–H and O–H groups in total. The third-order valence-electron chi connectivity index (χ3n) is 4.50. The molecule has 29 heavy (non-hydrogen) atoms. The van der Waals surface area contributed by atoms with E-state index in [2.05, 4.69) is 15.6 Å². The molecule has 8 nitrogen and oxygen atoms in total. The molecule has 3 rings (SSSR count). The average Bonchev–Trinajstić information content (AvgIpc) is 2.68. The molecule has 9 heteroatoms. The Morgan fingerprint density at radius 3 is 2.97 bits per heavy atom. The quantitative estimate of drug-likeness (QED) is 0.689. The van der Waals surface area contributed by atoms with Gasteiger partial charge in [-0.2, -0.15) is 0 Å². The maximum atomic E-state index is 14.0. The van der Waals surface area contributed by atoms with E-state index in [1.807, 2.05) is 0 Å². The minimum absolute atomic E-state index is 0.261. The maximum Gasteiger partial charge on any atom is 0.407 e. The summed E-state index contributed by atoms with van der Waals surface area (Å²) in [6.07, 6.45) is 3.69. The number of likely N-dealkylation sites (tertiary alicyclic amines) is 1. The predicted octanol–water partition coefficient (Wildman–Crippen LogP) is 3.11. The molecule has 0 unspecified atom stereocenters. The van der Waals surface area contributed by atoms with E-state index in [1.165, 1.54) is 23.2 Å². The highest BCUT2D eigenvalue weighted by atomic mass is 19.1. The molecule has 1 saturated heterocycles. The van der Waals surface area contributed by atoms with Crippen molar-refractivity contribution in [2.75, 3.05) is 25.0 Å². The Balaban J connectivity index is 1.51. The standard InChI is InChI=1S/C20H23FN4O4/c21-15-9-14(5-7-23-19(26)24-16-3-1-6-22-12-16)10-18(11-15)29-17-4-2-8-25(13-17)20(27)28/h1,3,6,9-12,17H,2,4-5,7-8,13H2,(H,27,28)(H2,23,24,26)/t17-/m1/s1. The summed E-state index contributed by atoms with van der Waals surface area (Å²) in [6.45, 7) is 1.05. The van der Waals surface area contributed by atoms with Crippen molar-refractivity contribution in [3.63, 3.8) is 0 Å². The van der Waals surface area contributed by atoms with Crippen LogP contribution in [0, 0.1) is 5.82 Å². The smallest absolute Gasteiger partial charge is 0.407 e. The van der Waals surface area contributed by atoms with Gasteiger partial charge in [0, 0.05) is 25.4 Å². The molecule has 0 radical (unpaired) electrons. The zero-order chi connectivity index (χ0) is 20.6. The largest absolute Gasteiger partial charge is 0.488 e. The molecule has 0 spiro atoms. The Kier molecular flexibility index (Phi) is 6.83. The number of carbonyl (C=O) groups is 2. The van der Waals surface area contributed by atoms with Gasteiger partial charge >= 0.3 is 12.1 Å². The topological polar surface area (TPSA) is 104 Å². The molecule has 1 atom stereocenters. The first-order valence-electron chi connectivity index (χ1n) is 9.38. The van der Waals surface area contributed by atoms with Gasteiger partial charge in [-0.1, -0.05) is 0 Å². The van der Waals surface area contributed by atoms with Gasteiger partial charge < -0.3 is 25.4 Å². The van der Waals surface area contributed by atoms with Crippen molar-refractivity contribution in [1.82, 2.24) is 15.2 Å². The summed E-state index contributed by atoms with van der Waals surface area (Å²) in [5, 5.41) is 14.5. The second-order valence-electron chi connectivity index (χ2n) is 6.78. The Hall–Kier alpha value is -3.36. The molecule has 1 aromatic carbocycles. The number of piperidine rings is 1. The fourth-order valence-corrected chi connectivity index (χ4v) is 3.17. The first-order chi connectivity index (χ1) is 14.0. The summed E-state index contributed by atoms with van der Waals surface area (Å²) in [5.41, 5.74) is 1.25. The van der Waals surface area contributed by atoms with Crippen LogP contribution in [0.1, 0.15) is 18.4 Å². The van der Waals surface area contributed by atoms with E-state index < -0.39 is 11.9 Å². The third kappa shape index (κ3) is 6.34. The van der Waals surface area contributed by atoms with Gasteiger partial charge in [-0.05, 0) is 49.1 Å². The van der Waals surface area contributed by atoms with Crippen molar-refractivity contribution in [3.8, 4) is 5.75 Å². The fourth-order valence-electron chi connectivity index (χ4n) is 3.17. The Morgan fingerprint density at radius 1 is 1.34 bits per heavy atom. The summed E-state index contributed by atoms with van der Waals surface area (Å²) in [6, 6.07) is 7.44. The molecule has 3 amide bonds. The number of pyridine rings is 1. The Morgan fingerprint density at radius 2 is 2.21 bits per heavy atom. The van der Waals surface area contributed by atoms with Crippen molar-refractivity contribution in [1.29, 1.82) is 0 Å². The van der Waals surface area contributed by atoms with Crippen LogP contribution < -0.4 is 15.4 Å². The number of carbonyl (C=O) groups excluding carboxylic acids is 1. The lowest BCUT2D eigenvalue weighted by atomic mass is 10.1. The van der Waals surface area contributed by atoms with Crippen LogP contribution >= 0.6 is 0 Å². The van der Waals surface area contributed by atoms with Gasteiger partial charge in [0.1, 0.15) is 17.7 Å². The van der Waals surface area contributed by atoms with Crippen LogP contribution in [0.15, 0.2) is 42.7 Å². The molecule has 2 aromatic rings. The molecule has 0 aliphatic carbocycles. The molecule has 154 valence electrons. The van der Waals surface area contributed by atoms with Gasteiger partial charge in [-0.25, -0.2) is 14.0 Å². The first kappa shape index (κ1) is 20.4. The van der Waals surface area contributed by atoms with Crippen molar-refractivity contribution in [3.05, 3.63) is 54.1 Å². The van der Waals surface area contributed by atoms with Gasteiger partial charge in [-0.15, -0.1) is 0 Å². The number of anilines is 1. The van der Waals surface area contributed by atoms with Crippen LogP contribution in [0.2, 0.25) is 0 Å². The number of amides is 3. The number of aromatic nitrogens is 1. The molecule has 0 saturated carbocycles. The molecule has 0 bridgehead atoms. The zero-order valence-electron chi connectivity index (χ0n) is 15.8. The summed E-state index contributed by atoms with van der Waals surface area (Å²) in [5.74, 6) is -0.0831. The van der Waals surface area contributed by atoms with Crippen molar-refractivity contribution in [2.24, 2.45) is 0 Å². The van der Waals surface area contributed by atoms with Crippen molar-refractivity contribution >= 4 is 17.8 Å².